The molecule has 1 unspecified atom stereocenters. The number of rotatable bonds is 22. The van der Waals surface area contributed by atoms with E-state index in [1.165, 1.54) is 7.05 Å². The number of hydrogen-bond acceptors (Lipinski definition) is 7. The third kappa shape index (κ3) is 14.2. The Morgan fingerprint density at radius 1 is 0.872 bits per heavy atom. The summed E-state index contributed by atoms with van der Waals surface area (Å²) in [6.45, 7) is 1.19. The molecular weight excluding hydrogens is 498 g/mol. The minimum Gasteiger partial charge on any atom is -0.490 e. The number of amides is 1. The van der Waals surface area contributed by atoms with Gasteiger partial charge in [0.2, 0.25) is 17.9 Å². The third-order valence-electron chi connectivity index (χ3n) is 5.57. The SMILES string of the molecule is C#CCCCCCOc1cc(C(O)ON(C)C(=O)CCC=O)cc(OCCCCC#C)c1OCCCCC#C. The Morgan fingerprint density at radius 2 is 1.36 bits per heavy atom. The topological polar surface area (TPSA) is 94.5 Å². The van der Waals surface area contributed by atoms with Gasteiger partial charge < -0.3 is 24.1 Å². The summed E-state index contributed by atoms with van der Waals surface area (Å²) < 4.78 is 18.2. The molecule has 1 aromatic rings. The van der Waals surface area contributed by atoms with Crippen molar-refractivity contribution in [3.05, 3.63) is 17.7 Å². The molecule has 1 aromatic carbocycles. The molecule has 0 aromatic heterocycles. The first-order valence-corrected chi connectivity index (χ1v) is 13.4. The number of ether oxygens (including phenoxy) is 3. The van der Waals surface area contributed by atoms with Crippen molar-refractivity contribution < 1.29 is 33.7 Å². The quantitative estimate of drug-likeness (QED) is 0.0730. The van der Waals surface area contributed by atoms with E-state index in [4.69, 9.17) is 38.3 Å². The number of carbonyl (C=O) groups is 2. The molecule has 0 saturated carbocycles. The van der Waals surface area contributed by atoms with Gasteiger partial charge in [-0.05, 0) is 57.1 Å². The van der Waals surface area contributed by atoms with E-state index in [1.807, 2.05) is 0 Å². The number of hydroxylamine groups is 2. The number of aldehydes is 1. The summed E-state index contributed by atoms with van der Waals surface area (Å²) >= 11 is 0. The molecule has 212 valence electrons. The van der Waals surface area contributed by atoms with Crippen molar-refractivity contribution >= 4 is 12.2 Å². The van der Waals surface area contributed by atoms with Crippen LogP contribution in [0.1, 0.15) is 88.9 Å². The van der Waals surface area contributed by atoms with Crippen LogP contribution >= 0.6 is 0 Å². The fourth-order valence-electron chi connectivity index (χ4n) is 3.41. The largest absolute Gasteiger partial charge is 0.490 e. The highest BCUT2D eigenvalue weighted by Crippen LogP contribution is 2.41. The highest BCUT2D eigenvalue weighted by molar-refractivity contribution is 5.77. The zero-order valence-electron chi connectivity index (χ0n) is 23.0. The Labute approximate surface area is 233 Å². The van der Waals surface area contributed by atoms with E-state index >= 15 is 0 Å². The van der Waals surface area contributed by atoms with Gasteiger partial charge in [-0.15, -0.1) is 37.0 Å². The number of nitrogens with zero attached hydrogens (tertiary/aromatic N) is 1. The van der Waals surface area contributed by atoms with E-state index in [-0.39, 0.29) is 12.8 Å². The smallest absolute Gasteiger partial charge is 0.246 e. The van der Waals surface area contributed by atoms with Crippen molar-refractivity contribution in [2.24, 2.45) is 0 Å². The average Bonchev–Trinajstić information content (AvgIpc) is 2.93. The number of hydrogen-bond donors (Lipinski definition) is 1. The Hall–Kier alpha value is -3.64. The van der Waals surface area contributed by atoms with E-state index in [1.54, 1.807) is 12.1 Å². The molecule has 0 fully saturated rings. The predicted molar refractivity (Wildman–Crippen MR) is 150 cm³/mol. The van der Waals surface area contributed by atoms with E-state index in [0.717, 1.165) is 50.0 Å². The summed E-state index contributed by atoms with van der Waals surface area (Å²) in [5.74, 6) is 8.60. The van der Waals surface area contributed by atoms with Gasteiger partial charge in [0, 0.05) is 44.7 Å². The van der Waals surface area contributed by atoms with Crippen molar-refractivity contribution in [1.82, 2.24) is 5.06 Å². The molecule has 1 atom stereocenters. The Morgan fingerprint density at radius 3 is 1.87 bits per heavy atom. The molecule has 1 amide bonds. The summed E-state index contributed by atoms with van der Waals surface area (Å²) in [6.07, 6.45) is 22.9. The van der Waals surface area contributed by atoms with Crippen LogP contribution in [0.25, 0.3) is 0 Å². The monoisotopic (exact) mass is 539 g/mol. The molecule has 8 heteroatoms. The molecule has 0 radical (unpaired) electrons. The summed E-state index contributed by atoms with van der Waals surface area (Å²) in [6, 6.07) is 3.21. The first-order chi connectivity index (χ1) is 19.0. The van der Waals surface area contributed by atoms with Gasteiger partial charge in [-0.2, -0.15) is 0 Å². The standard InChI is InChI=1S/C31H41NO7/c1-5-8-11-14-17-22-37-28-25-26(31(35)39-32(4)29(34)19-18-20-33)24-27(36-21-15-12-9-6-2)30(28)38-23-16-13-10-7-3/h1-3,20,24-25,31,35H,8-19,21-23H2,4H3. The van der Waals surface area contributed by atoms with E-state index < -0.39 is 12.2 Å². The van der Waals surface area contributed by atoms with E-state index in [0.29, 0.717) is 68.2 Å². The maximum atomic E-state index is 12.2. The van der Waals surface area contributed by atoms with E-state index in [9.17, 15) is 14.7 Å². The molecule has 0 spiro atoms. The number of aliphatic hydroxyl groups excluding tert-OH is 1. The second kappa shape index (κ2) is 21.3. The van der Waals surface area contributed by atoms with Gasteiger partial charge in [-0.1, -0.05) is 0 Å². The highest BCUT2D eigenvalue weighted by Gasteiger charge is 2.22. The fraction of sp³-hybridized carbons (Fsp3) is 0.548. The molecule has 8 nitrogen and oxygen atoms in total. The molecule has 0 aliphatic heterocycles. The third-order valence-corrected chi connectivity index (χ3v) is 5.57. The summed E-state index contributed by atoms with van der Waals surface area (Å²) in [7, 11) is 1.38. The predicted octanol–water partition coefficient (Wildman–Crippen LogP) is 4.98. The molecule has 1 rings (SSSR count). The van der Waals surface area contributed by atoms with Crippen LogP contribution in [0.4, 0.5) is 0 Å². The van der Waals surface area contributed by atoms with Crippen molar-refractivity contribution in [3.8, 4) is 54.3 Å². The number of unbranched alkanes of at least 4 members (excludes halogenated alkanes) is 7. The normalized spacial score (nSPS) is 10.9. The highest BCUT2D eigenvalue weighted by atomic mass is 16.8. The lowest BCUT2D eigenvalue weighted by atomic mass is 10.1. The van der Waals surface area contributed by atoms with Crippen LogP contribution in [0.5, 0.6) is 17.2 Å². The summed E-state index contributed by atoms with van der Waals surface area (Å²) in [4.78, 5) is 28.1. The number of terminal acetylenes is 3. The molecule has 0 saturated heterocycles. The van der Waals surface area contributed by atoms with Gasteiger partial charge >= 0.3 is 0 Å². The number of aliphatic hydroxyl groups is 1. The van der Waals surface area contributed by atoms with Gasteiger partial charge in [0.1, 0.15) is 6.29 Å². The Balaban J connectivity index is 3.17. The lowest BCUT2D eigenvalue weighted by molar-refractivity contribution is -0.250. The van der Waals surface area contributed by atoms with Crippen LogP contribution < -0.4 is 14.2 Å². The second-order valence-corrected chi connectivity index (χ2v) is 8.78. The van der Waals surface area contributed by atoms with Crippen LogP contribution in [0.2, 0.25) is 0 Å². The maximum Gasteiger partial charge on any atom is 0.246 e. The van der Waals surface area contributed by atoms with Gasteiger partial charge in [0.25, 0.3) is 0 Å². The number of benzene rings is 1. The molecule has 39 heavy (non-hydrogen) atoms. The zero-order chi connectivity index (χ0) is 28.7. The van der Waals surface area contributed by atoms with Gasteiger partial charge in [-0.3, -0.25) is 4.79 Å². The first kappa shape index (κ1) is 33.4. The molecule has 0 heterocycles. The molecular formula is C31H41NO7. The Kier molecular flexibility index (Phi) is 18.2. The van der Waals surface area contributed by atoms with Crippen molar-refractivity contribution in [3.63, 3.8) is 0 Å². The van der Waals surface area contributed by atoms with Crippen molar-refractivity contribution in [2.75, 3.05) is 26.9 Å². The van der Waals surface area contributed by atoms with Crippen LogP contribution in [0, 0.1) is 37.0 Å². The fourth-order valence-corrected chi connectivity index (χ4v) is 3.41. The molecule has 0 bridgehead atoms. The number of carbonyl (C=O) groups excluding carboxylic acids is 2. The average molecular weight is 540 g/mol. The van der Waals surface area contributed by atoms with Crippen LogP contribution in [-0.4, -0.2) is 49.2 Å². The van der Waals surface area contributed by atoms with Crippen LogP contribution in [0.3, 0.4) is 0 Å². The lowest BCUT2D eigenvalue weighted by Crippen LogP contribution is -2.28. The minimum atomic E-state index is -1.50. The van der Waals surface area contributed by atoms with Crippen LogP contribution in [-0.2, 0) is 14.4 Å². The van der Waals surface area contributed by atoms with E-state index in [2.05, 4.69) is 17.8 Å². The summed E-state index contributed by atoms with van der Waals surface area (Å²) in [5.41, 5.74) is 0.311. The van der Waals surface area contributed by atoms with Gasteiger partial charge in [-0.25, -0.2) is 9.90 Å². The van der Waals surface area contributed by atoms with Gasteiger partial charge in [0.05, 0.1) is 19.8 Å². The van der Waals surface area contributed by atoms with Crippen LogP contribution in [0.15, 0.2) is 12.1 Å². The zero-order valence-corrected chi connectivity index (χ0v) is 23.0. The van der Waals surface area contributed by atoms with Crippen molar-refractivity contribution in [1.29, 1.82) is 0 Å². The summed E-state index contributed by atoms with van der Waals surface area (Å²) in [5, 5.41) is 11.7. The lowest BCUT2D eigenvalue weighted by Gasteiger charge is -2.23. The first-order valence-electron chi connectivity index (χ1n) is 13.4. The minimum absolute atomic E-state index is 0.0285. The second-order valence-electron chi connectivity index (χ2n) is 8.78. The molecule has 0 aliphatic carbocycles. The van der Waals surface area contributed by atoms with Crippen molar-refractivity contribution in [2.45, 2.75) is 83.3 Å². The van der Waals surface area contributed by atoms with Gasteiger partial charge in [0.15, 0.2) is 11.5 Å². The molecule has 1 N–H and O–H groups in total. The Bertz CT molecular complexity index is 986. The molecule has 0 aliphatic rings. The maximum absolute atomic E-state index is 12.2.